The number of para-hydroxylation sites is 2. The summed E-state index contributed by atoms with van der Waals surface area (Å²) in [5.41, 5.74) is 0.254. The highest BCUT2D eigenvalue weighted by Gasteiger charge is 2.34. The molecule has 0 fully saturated rings. The van der Waals surface area contributed by atoms with Gasteiger partial charge in [0.2, 0.25) is 0 Å². The zero-order valence-electron chi connectivity index (χ0n) is 11.0. The lowest BCUT2D eigenvalue weighted by Crippen LogP contribution is -2.07. The number of methoxy groups -OCH3 is 1. The van der Waals surface area contributed by atoms with Crippen molar-refractivity contribution in [2.75, 3.05) is 12.4 Å². The molecule has 0 saturated heterocycles. The van der Waals surface area contributed by atoms with Gasteiger partial charge in [-0.1, -0.05) is 12.1 Å². The van der Waals surface area contributed by atoms with Gasteiger partial charge in [-0.15, -0.1) is 0 Å². The van der Waals surface area contributed by atoms with E-state index in [0.717, 1.165) is 6.07 Å². The molecular weight excluding hydrogens is 271 g/mol. The summed E-state index contributed by atoms with van der Waals surface area (Å²) >= 11 is 0. The molecule has 1 aromatic heterocycles. The molecule has 0 radical (unpaired) electrons. The molecule has 0 bridgehead atoms. The molecule has 0 unspecified atom stereocenters. The monoisotopic (exact) mass is 285 g/mol. The lowest BCUT2D eigenvalue weighted by molar-refractivity contribution is -0.141. The quantitative estimate of drug-likeness (QED) is 0.938. The Morgan fingerprint density at radius 1 is 1.30 bits per heavy atom. The molecule has 0 saturated carbocycles. The Morgan fingerprint density at radius 2 is 2.00 bits per heavy atom. The van der Waals surface area contributed by atoms with Crippen molar-refractivity contribution in [1.29, 1.82) is 0 Å². The van der Waals surface area contributed by atoms with Gasteiger partial charge in [-0.05, 0) is 18.2 Å². The smallest absolute Gasteiger partial charge is 0.435 e. The Kier molecular flexibility index (Phi) is 3.87. The minimum Gasteiger partial charge on any atom is -0.495 e. The lowest BCUT2D eigenvalue weighted by atomic mass is 10.2. The van der Waals surface area contributed by atoms with Gasteiger partial charge in [0, 0.05) is 7.05 Å². The van der Waals surface area contributed by atoms with Gasteiger partial charge in [-0.3, -0.25) is 4.68 Å². The van der Waals surface area contributed by atoms with Crippen LogP contribution in [-0.4, -0.2) is 16.9 Å². The molecule has 1 N–H and O–H groups in total. The van der Waals surface area contributed by atoms with Crippen LogP contribution in [0.2, 0.25) is 0 Å². The molecule has 108 valence electrons. The van der Waals surface area contributed by atoms with Crippen molar-refractivity contribution in [3.8, 4) is 5.75 Å². The van der Waals surface area contributed by atoms with Crippen molar-refractivity contribution in [2.24, 2.45) is 7.05 Å². The van der Waals surface area contributed by atoms with Gasteiger partial charge >= 0.3 is 6.18 Å². The number of hydrogen-bond acceptors (Lipinski definition) is 3. The van der Waals surface area contributed by atoms with Gasteiger partial charge in [0.1, 0.15) is 5.75 Å². The Hall–Kier alpha value is -2.18. The summed E-state index contributed by atoms with van der Waals surface area (Å²) in [7, 11) is 3.01. The number of nitrogens with one attached hydrogen (secondary N) is 1. The number of benzene rings is 1. The maximum absolute atomic E-state index is 12.5. The summed E-state index contributed by atoms with van der Waals surface area (Å²) in [5.74, 6) is 0.630. The molecule has 0 spiro atoms. The number of nitrogens with zero attached hydrogens (tertiary/aromatic N) is 2. The number of aryl methyl sites for hydroxylation is 1. The van der Waals surface area contributed by atoms with Crippen LogP contribution >= 0.6 is 0 Å². The number of aromatic nitrogens is 2. The van der Waals surface area contributed by atoms with Gasteiger partial charge < -0.3 is 10.1 Å². The summed E-state index contributed by atoms with van der Waals surface area (Å²) in [6.45, 7) is 0.222. The maximum Gasteiger partial charge on any atom is 0.435 e. The third kappa shape index (κ3) is 3.04. The average molecular weight is 285 g/mol. The van der Waals surface area contributed by atoms with Gasteiger partial charge in [0.15, 0.2) is 5.69 Å². The summed E-state index contributed by atoms with van der Waals surface area (Å²) in [4.78, 5) is 0. The van der Waals surface area contributed by atoms with Crippen LogP contribution in [0.3, 0.4) is 0 Å². The third-order valence-electron chi connectivity index (χ3n) is 2.83. The van der Waals surface area contributed by atoms with Gasteiger partial charge in [0.05, 0.1) is 25.0 Å². The van der Waals surface area contributed by atoms with Crippen molar-refractivity contribution in [1.82, 2.24) is 9.78 Å². The molecule has 2 aromatic rings. The van der Waals surface area contributed by atoms with Gasteiger partial charge in [-0.2, -0.15) is 18.3 Å². The molecule has 1 heterocycles. The molecule has 20 heavy (non-hydrogen) atoms. The minimum atomic E-state index is -4.43. The first-order valence-corrected chi connectivity index (χ1v) is 5.89. The first-order chi connectivity index (χ1) is 9.41. The van der Waals surface area contributed by atoms with E-state index in [1.165, 1.54) is 18.8 Å². The largest absolute Gasteiger partial charge is 0.495 e. The molecule has 4 nitrogen and oxygen atoms in total. The Labute approximate surface area is 114 Å². The Bertz CT molecular complexity index is 593. The van der Waals surface area contributed by atoms with Crippen LogP contribution in [0.1, 0.15) is 11.4 Å². The molecule has 0 atom stereocenters. The van der Waals surface area contributed by atoms with Crippen LogP contribution in [0.4, 0.5) is 18.9 Å². The molecule has 0 aliphatic heterocycles. The van der Waals surface area contributed by atoms with E-state index >= 15 is 0 Å². The minimum absolute atomic E-state index is 0.222. The van der Waals surface area contributed by atoms with E-state index in [-0.39, 0.29) is 6.54 Å². The van der Waals surface area contributed by atoms with Crippen LogP contribution in [0.5, 0.6) is 5.75 Å². The summed E-state index contributed by atoms with van der Waals surface area (Å²) in [6.07, 6.45) is -4.43. The zero-order valence-corrected chi connectivity index (χ0v) is 11.0. The predicted molar refractivity (Wildman–Crippen MR) is 68.5 cm³/mol. The highest BCUT2D eigenvalue weighted by atomic mass is 19.4. The van der Waals surface area contributed by atoms with Crippen LogP contribution in [0, 0.1) is 0 Å². The van der Waals surface area contributed by atoms with E-state index in [4.69, 9.17) is 4.74 Å². The number of rotatable bonds is 4. The fraction of sp³-hybridized carbons (Fsp3) is 0.308. The number of ether oxygens (including phenoxy) is 1. The first-order valence-electron chi connectivity index (χ1n) is 5.89. The van der Waals surface area contributed by atoms with E-state index in [0.29, 0.717) is 17.1 Å². The normalized spacial score (nSPS) is 11.4. The van der Waals surface area contributed by atoms with Crippen molar-refractivity contribution in [3.63, 3.8) is 0 Å². The standard InChI is InChI=1S/C13H14F3N3O/c1-19-9(7-12(18-19)13(14,15)16)8-17-10-5-3-4-6-11(10)20-2/h3-7,17H,8H2,1-2H3. The zero-order chi connectivity index (χ0) is 14.8. The average Bonchev–Trinajstić information content (AvgIpc) is 2.78. The van der Waals surface area contributed by atoms with Crippen LogP contribution in [0.15, 0.2) is 30.3 Å². The SMILES string of the molecule is COc1ccccc1NCc1cc(C(F)(F)F)nn1C. The second-order valence-corrected chi connectivity index (χ2v) is 4.20. The maximum atomic E-state index is 12.5. The first kappa shape index (κ1) is 14.2. The number of halogens is 3. The highest BCUT2D eigenvalue weighted by Crippen LogP contribution is 2.29. The van der Waals surface area contributed by atoms with Crippen LogP contribution < -0.4 is 10.1 Å². The Morgan fingerprint density at radius 3 is 2.60 bits per heavy atom. The molecule has 7 heteroatoms. The number of alkyl halides is 3. The molecule has 0 aliphatic carbocycles. The topological polar surface area (TPSA) is 39.1 Å². The Balaban J connectivity index is 2.13. The van der Waals surface area contributed by atoms with Gasteiger partial charge in [0.25, 0.3) is 0 Å². The predicted octanol–water partition coefficient (Wildman–Crippen LogP) is 3.06. The van der Waals surface area contributed by atoms with Crippen LogP contribution in [-0.2, 0) is 19.8 Å². The second kappa shape index (κ2) is 5.44. The lowest BCUT2D eigenvalue weighted by Gasteiger charge is -2.10. The van der Waals surface area contributed by atoms with E-state index in [1.54, 1.807) is 12.1 Å². The van der Waals surface area contributed by atoms with Crippen molar-refractivity contribution >= 4 is 5.69 Å². The second-order valence-electron chi connectivity index (χ2n) is 4.20. The summed E-state index contributed by atoms with van der Waals surface area (Å²) in [6, 6.07) is 8.22. The van der Waals surface area contributed by atoms with E-state index < -0.39 is 11.9 Å². The summed E-state index contributed by atoms with van der Waals surface area (Å²) in [5, 5.41) is 6.49. The fourth-order valence-electron chi connectivity index (χ4n) is 1.79. The number of hydrogen-bond donors (Lipinski definition) is 1. The van der Waals surface area contributed by atoms with Gasteiger partial charge in [-0.25, -0.2) is 0 Å². The van der Waals surface area contributed by atoms with Crippen molar-refractivity contribution < 1.29 is 17.9 Å². The molecule has 0 aliphatic rings. The van der Waals surface area contributed by atoms with E-state index in [9.17, 15) is 13.2 Å². The highest BCUT2D eigenvalue weighted by molar-refractivity contribution is 5.56. The molecule has 2 rings (SSSR count). The fourth-order valence-corrected chi connectivity index (χ4v) is 1.79. The van der Waals surface area contributed by atoms with Crippen LogP contribution in [0.25, 0.3) is 0 Å². The van der Waals surface area contributed by atoms with E-state index in [2.05, 4.69) is 10.4 Å². The number of anilines is 1. The molecule has 1 aromatic carbocycles. The molecule has 0 amide bonds. The third-order valence-corrected chi connectivity index (χ3v) is 2.83. The van der Waals surface area contributed by atoms with Crippen molar-refractivity contribution in [2.45, 2.75) is 12.7 Å². The van der Waals surface area contributed by atoms with Crippen molar-refractivity contribution in [3.05, 3.63) is 41.7 Å². The molecular formula is C13H14F3N3O. The summed E-state index contributed by atoms with van der Waals surface area (Å²) < 4.78 is 44.0. The van der Waals surface area contributed by atoms with E-state index in [1.807, 2.05) is 12.1 Å².